The zero-order valence-electron chi connectivity index (χ0n) is 14.9. The number of hydrogen-bond donors (Lipinski definition) is 1. The van der Waals surface area contributed by atoms with Gasteiger partial charge in [0.15, 0.2) is 0 Å². The highest BCUT2D eigenvalue weighted by molar-refractivity contribution is 6.31. The Morgan fingerprint density at radius 1 is 1.32 bits per heavy atom. The Morgan fingerprint density at radius 2 is 2.00 bits per heavy atom. The molecule has 3 rings (SSSR count). The number of carbonyl (C=O) groups is 1. The number of hydrogen-bond acceptors (Lipinski definition) is 4. The second-order valence-corrected chi connectivity index (χ2v) is 7.72. The van der Waals surface area contributed by atoms with E-state index in [1.807, 2.05) is 42.6 Å². The normalized spacial score (nSPS) is 16.3. The second kappa shape index (κ2) is 6.77. The van der Waals surface area contributed by atoms with Crippen molar-refractivity contribution in [2.45, 2.75) is 45.2 Å². The summed E-state index contributed by atoms with van der Waals surface area (Å²) >= 11 is 6.04. The fraction of sp³-hybridized carbons (Fsp3) is 0.500. The average Bonchev–Trinajstić information content (AvgIpc) is 3.07. The third-order valence-corrected chi connectivity index (χ3v) is 4.96. The summed E-state index contributed by atoms with van der Waals surface area (Å²) in [6.07, 6.45) is 3.61. The average molecular weight is 362 g/mol. The molecule has 25 heavy (non-hydrogen) atoms. The Kier molecular flexibility index (Phi) is 4.84. The van der Waals surface area contributed by atoms with E-state index < -0.39 is 5.54 Å². The van der Waals surface area contributed by atoms with Crippen LogP contribution in [0.1, 0.15) is 54.3 Å². The molecule has 1 fully saturated rings. The topological polar surface area (TPSA) is 77.0 Å². The molecule has 2 aromatic rings. The summed E-state index contributed by atoms with van der Waals surface area (Å²) in [6, 6.07) is 5.68. The molecule has 0 atom stereocenters. The zero-order chi connectivity index (χ0) is 18.2. The van der Waals surface area contributed by atoms with Crippen LogP contribution in [0, 0.1) is 6.92 Å². The number of nitrogens with two attached hydrogens (primary N) is 1. The van der Waals surface area contributed by atoms with Crippen LogP contribution in [0.2, 0.25) is 5.02 Å². The minimum absolute atomic E-state index is 0.0424. The van der Waals surface area contributed by atoms with Gasteiger partial charge < -0.3 is 10.6 Å². The summed E-state index contributed by atoms with van der Waals surface area (Å²) in [5.41, 5.74) is 7.98. The van der Waals surface area contributed by atoms with E-state index in [1.54, 1.807) is 12.1 Å². The molecule has 2 N–H and O–H groups in total. The van der Waals surface area contributed by atoms with Crippen molar-refractivity contribution in [3.63, 3.8) is 0 Å². The molecule has 1 amide bonds. The predicted molar refractivity (Wildman–Crippen MR) is 97.6 cm³/mol. The number of piperidine rings is 1. The van der Waals surface area contributed by atoms with Crippen LogP contribution in [-0.2, 0) is 5.54 Å². The van der Waals surface area contributed by atoms with Crippen LogP contribution >= 0.6 is 11.6 Å². The first-order valence-electron chi connectivity index (χ1n) is 8.52. The first-order chi connectivity index (χ1) is 11.8. The first kappa shape index (κ1) is 17.9. The van der Waals surface area contributed by atoms with Crippen molar-refractivity contribution in [2.24, 2.45) is 5.73 Å². The van der Waals surface area contributed by atoms with Crippen LogP contribution in [0.25, 0.3) is 0 Å². The number of benzene rings is 1. The fourth-order valence-electron chi connectivity index (χ4n) is 3.08. The molecule has 1 aliphatic rings. The van der Waals surface area contributed by atoms with E-state index in [0.717, 1.165) is 24.1 Å². The van der Waals surface area contributed by atoms with E-state index in [9.17, 15) is 4.79 Å². The van der Waals surface area contributed by atoms with Crippen molar-refractivity contribution in [3.05, 3.63) is 46.2 Å². The number of aromatic nitrogens is 3. The number of amides is 1. The summed E-state index contributed by atoms with van der Waals surface area (Å²) in [6.45, 7) is 7.14. The predicted octanol–water partition coefficient (Wildman–Crippen LogP) is 2.91. The highest BCUT2D eigenvalue weighted by atomic mass is 35.5. The summed E-state index contributed by atoms with van der Waals surface area (Å²) in [4.78, 5) is 14.7. The molecule has 7 heteroatoms. The summed E-state index contributed by atoms with van der Waals surface area (Å²) in [5.74, 6) is 0.0424. The molecule has 0 bridgehead atoms. The van der Waals surface area contributed by atoms with Crippen LogP contribution in [0.3, 0.4) is 0 Å². The molecular weight excluding hydrogens is 338 g/mol. The summed E-state index contributed by atoms with van der Waals surface area (Å²) < 4.78 is 1.89. The van der Waals surface area contributed by atoms with Gasteiger partial charge in [-0.2, -0.15) is 0 Å². The van der Waals surface area contributed by atoms with Gasteiger partial charge in [0.1, 0.15) is 5.69 Å². The summed E-state index contributed by atoms with van der Waals surface area (Å²) in [7, 11) is 0. The van der Waals surface area contributed by atoms with Crippen molar-refractivity contribution < 1.29 is 4.79 Å². The molecule has 1 saturated heterocycles. The summed E-state index contributed by atoms with van der Waals surface area (Å²) in [5, 5.41) is 8.99. The van der Waals surface area contributed by atoms with Crippen molar-refractivity contribution in [1.29, 1.82) is 0 Å². The highest BCUT2D eigenvalue weighted by Gasteiger charge is 2.27. The SMILES string of the molecule is Cc1ccc(Cl)cc1C(=O)N1CCC(n2cc(C(C)(C)N)nn2)CC1. The molecule has 0 unspecified atom stereocenters. The van der Waals surface area contributed by atoms with E-state index in [1.165, 1.54) is 0 Å². The van der Waals surface area contributed by atoms with Gasteiger partial charge >= 0.3 is 0 Å². The molecule has 6 nitrogen and oxygen atoms in total. The molecule has 0 radical (unpaired) electrons. The van der Waals surface area contributed by atoms with Gasteiger partial charge in [0.05, 0.1) is 17.8 Å². The van der Waals surface area contributed by atoms with Gasteiger partial charge in [-0.15, -0.1) is 5.10 Å². The lowest BCUT2D eigenvalue weighted by atomic mass is 10.0. The van der Waals surface area contributed by atoms with E-state index in [2.05, 4.69) is 10.3 Å². The van der Waals surface area contributed by atoms with Crippen LogP contribution in [0.4, 0.5) is 0 Å². The molecule has 0 aliphatic carbocycles. The fourth-order valence-corrected chi connectivity index (χ4v) is 3.25. The molecule has 134 valence electrons. The quantitative estimate of drug-likeness (QED) is 0.911. The maximum atomic E-state index is 12.8. The molecular formula is C18H24ClN5O. The Balaban J connectivity index is 1.66. The van der Waals surface area contributed by atoms with Crippen molar-refractivity contribution >= 4 is 17.5 Å². The lowest BCUT2D eigenvalue weighted by Crippen LogP contribution is -2.39. The number of halogens is 1. The third-order valence-electron chi connectivity index (χ3n) is 4.73. The minimum Gasteiger partial charge on any atom is -0.338 e. The van der Waals surface area contributed by atoms with Crippen LogP contribution in [0.15, 0.2) is 24.4 Å². The Bertz CT molecular complexity index is 772. The number of likely N-dealkylation sites (tertiary alicyclic amines) is 1. The molecule has 1 aromatic heterocycles. The van der Waals surface area contributed by atoms with Gasteiger partial charge in [-0.3, -0.25) is 4.79 Å². The lowest BCUT2D eigenvalue weighted by molar-refractivity contribution is 0.0688. The number of nitrogens with zero attached hydrogens (tertiary/aromatic N) is 4. The maximum Gasteiger partial charge on any atom is 0.254 e. The van der Waals surface area contributed by atoms with Crippen molar-refractivity contribution in [3.8, 4) is 0 Å². The number of aryl methyl sites for hydroxylation is 1. The van der Waals surface area contributed by atoms with Gasteiger partial charge in [-0.05, 0) is 51.3 Å². The molecule has 2 heterocycles. The van der Waals surface area contributed by atoms with E-state index in [0.29, 0.717) is 23.7 Å². The highest BCUT2D eigenvalue weighted by Crippen LogP contribution is 2.25. The maximum absolute atomic E-state index is 12.8. The van der Waals surface area contributed by atoms with E-state index in [4.69, 9.17) is 17.3 Å². The lowest BCUT2D eigenvalue weighted by Gasteiger charge is -2.32. The standard InChI is InChI=1S/C18H24ClN5O/c1-12-4-5-13(19)10-15(12)17(25)23-8-6-14(7-9-23)24-11-16(21-22-24)18(2,3)20/h4-5,10-11,14H,6-9,20H2,1-3H3. The largest absolute Gasteiger partial charge is 0.338 e. The second-order valence-electron chi connectivity index (χ2n) is 7.29. The number of rotatable bonds is 3. The van der Waals surface area contributed by atoms with Crippen LogP contribution in [-0.4, -0.2) is 38.9 Å². The molecule has 1 aromatic carbocycles. The third kappa shape index (κ3) is 3.85. The monoisotopic (exact) mass is 361 g/mol. The molecule has 0 spiro atoms. The Morgan fingerprint density at radius 3 is 2.60 bits per heavy atom. The van der Waals surface area contributed by atoms with E-state index >= 15 is 0 Å². The molecule has 1 aliphatic heterocycles. The van der Waals surface area contributed by atoms with Crippen LogP contribution < -0.4 is 5.73 Å². The van der Waals surface area contributed by atoms with Crippen molar-refractivity contribution in [1.82, 2.24) is 19.9 Å². The van der Waals surface area contributed by atoms with Gasteiger partial charge in [0.2, 0.25) is 0 Å². The smallest absolute Gasteiger partial charge is 0.254 e. The Hall–Kier alpha value is -1.92. The van der Waals surface area contributed by atoms with Gasteiger partial charge in [-0.25, -0.2) is 4.68 Å². The minimum atomic E-state index is -0.501. The van der Waals surface area contributed by atoms with Gasteiger partial charge in [0, 0.05) is 23.7 Å². The number of carbonyl (C=O) groups excluding carboxylic acids is 1. The first-order valence-corrected chi connectivity index (χ1v) is 8.90. The van der Waals surface area contributed by atoms with Crippen molar-refractivity contribution in [2.75, 3.05) is 13.1 Å². The zero-order valence-corrected chi connectivity index (χ0v) is 15.6. The van der Waals surface area contributed by atoms with Gasteiger partial charge in [0.25, 0.3) is 5.91 Å². The van der Waals surface area contributed by atoms with E-state index in [-0.39, 0.29) is 11.9 Å². The van der Waals surface area contributed by atoms with Crippen LogP contribution in [0.5, 0.6) is 0 Å². The molecule has 0 saturated carbocycles. The van der Waals surface area contributed by atoms with Gasteiger partial charge in [-0.1, -0.05) is 22.9 Å². The Labute approximate surface area is 152 Å².